The molecule has 0 fully saturated rings. The quantitative estimate of drug-likeness (QED) is 0.438. The molecule has 0 unspecified atom stereocenters. The predicted octanol–water partition coefficient (Wildman–Crippen LogP) is 0.972. The zero-order valence-electron chi connectivity index (χ0n) is 4.28. The largest absolute Gasteiger partial charge is 0.245 e. The molecule has 0 saturated heterocycles. The summed E-state index contributed by atoms with van der Waals surface area (Å²) in [5, 5.41) is 0. The zero-order chi connectivity index (χ0) is 5.66. The molecule has 1 radical (unpaired) electrons. The molecule has 1 heterocycles. The molecule has 8 heavy (non-hydrogen) atoms. The minimum Gasteiger partial charge on any atom is -0.245 e. The van der Waals surface area contributed by atoms with Crippen molar-refractivity contribution in [2.45, 2.75) is 0 Å². The molecule has 0 aliphatic carbocycles. The Balaban J connectivity index is 2.67. The highest BCUT2D eigenvalue weighted by Crippen LogP contribution is 1.78. The van der Waals surface area contributed by atoms with Crippen LogP contribution >= 0.6 is 0 Å². The van der Waals surface area contributed by atoms with Crippen LogP contribution in [0.25, 0.3) is 0 Å². The number of nitrogens with zero attached hydrogens (tertiary/aromatic N) is 2. The predicted molar refractivity (Wildman–Crippen MR) is 33.9 cm³/mol. The molecule has 2 nitrogen and oxygen atoms in total. The second-order valence-electron chi connectivity index (χ2n) is 1.22. The van der Waals surface area contributed by atoms with Gasteiger partial charge in [-0.25, -0.2) is 9.98 Å². The van der Waals surface area contributed by atoms with E-state index in [0.717, 1.165) is 0 Å². The summed E-state index contributed by atoms with van der Waals surface area (Å²) in [5.74, 6) is 0. The first-order valence-corrected chi connectivity index (χ1v) is 2.28. The standard InChI is InChI=1S/C6H5N2/c1-2-4-7-6-8-5-3-1/h1-2,4-6H/b2-1?,3-1?,4-2-,5-3?,7-4?,7-6-,8-5-,8-6?. The summed E-state index contributed by atoms with van der Waals surface area (Å²) in [6.07, 6.45) is 11.0. The van der Waals surface area contributed by atoms with E-state index >= 15 is 0 Å². The van der Waals surface area contributed by atoms with Crippen molar-refractivity contribution in [3.05, 3.63) is 24.4 Å². The van der Waals surface area contributed by atoms with Gasteiger partial charge in [0.25, 0.3) is 0 Å². The first-order valence-electron chi connectivity index (χ1n) is 2.28. The Kier molecular flexibility index (Phi) is 1.80. The van der Waals surface area contributed by atoms with Gasteiger partial charge in [-0.15, -0.1) is 0 Å². The molecule has 2 heteroatoms. The lowest BCUT2D eigenvalue weighted by molar-refractivity contribution is 1.54. The van der Waals surface area contributed by atoms with E-state index in [9.17, 15) is 0 Å². The minimum absolute atomic E-state index is 1.47. The monoisotopic (exact) mass is 105 g/mol. The summed E-state index contributed by atoms with van der Waals surface area (Å²) in [4.78, 5) is 7.48. The third-order valence-electron chi connectivity index (χ3n) is 0.647. The molecule has 39 valence electrons. The van der Waals surface area contributed by atoms with Crippen LogP contribution in [0.1, 0.15) is 0 Å². The third-order valence-corrected chi connectivity index (χ3v) is 0.647. The summed E-state index contributed by atoms with van der Waals surface area (Å²) in [6, 6.07) is 0. The van der Waals surface area contributed by atoms with E-state index in [1.54, 1.807) is 24.6 Å². The van der Waals surface area contributed by atoms with Crippen LogP contribution in [0.3, 0.4) is 0 Å². The van der Waals surface area contributed by atoms with E-state index in [1.165, 1.54) is 6.34 Å². The van der Waals surface area contributed by atoms with Gasteiger partial charge in [-0.3, -0.25) is 0 Å². The van der Waals surface area contributed by atoms with Crippen molar-refractivity contribution in [2.24, 2.45) is 9.98 Å². The lowest BCUT2D eigenvalue weighted by atomic mass is 10.5. The molecule has 1 aliphatic heterocycles. The van der Waals surface area contributed by atoms with Crippen molar-refractivity contribution in [2.75, 3.05) is 0 Å². The number of rotatable bonds is 0. The van der Waals surface area contributed by atoms with Gasteiger partial charge in [0, 0.05) is 18.5 Å². The smallest absolute Gasteiger partial charge is 0.115 e. The third kappa shape index (κ3) is 1.51. The van der Waals surface area contributed by atoms with Crippen molar-refractivity contribution >= 4 is 12.6 Å². The Hall–Kier alpha value is -1.18. The van der Waals surface area contributed by atoms with Crippen LogP contribution in [0.2, 0.25) is 0 Å². The fraction of sp³-hybridized carbons (Fsp3) is 0. The number of aliphatic imine (C=N–C) groups is 2. The van der Waals surface area contributed by atoms with Crippen molar-refractivity contribution in [1.29, 1.82) is 0 Å². The molecule has 0 bridgehead atoms. The second kappa shape index (κ2) is 2.91. The van der Waals surface area contributed by atoms with Gasteiger partial charge < -0.3 is 0 Å². The van der Waals surface area contributed by atoms with Gasteiger partial charge >= 0.3 is 0 Å². The first kappa shape index (κ1) is 4.97. The van der Waals surface area contributed by atoms with E-state index in [4.69, 9.17) is 0 Å². The van der Waals surface area contributed by atoms with Crippen LogP contribution in [0.5, 0.6) is 0 Å². The molecule has 0 amide bonds. The highest BCUT2D eigenvalue weighted by molar-refractivity contribution is 5.77. The van der Waals surface area contributed by atoms with Crippen LogP contribution in [-0.4, -0.2) is 12.6 Å². The summed E-state index contributed by atoms with van der Waals surface area (Å²) in [6.45, 7) is 0. The van der Waals surface area contributed by atoms with E-state index in [-0.39, 0.29) is 0 Å². The maximum atomic E-state index is 3.76. The average Bonchev–Trinajstić information content (AvgIpc) is 1.62. The fourth-order valence-corrected chi connectivity index (χ4v) is 0.345. The lowest BCUT2D eigenvalue weighted by Crippen LogP contribution is -1.70. The fourth-order valence-electron chi connectivity index (χ4n) is 0.345. The van der Waals surface area contributed by atoms with E-state index in [0.29, 0.717) is 0 Å². The van der Waals surface area contributed by atoms with Crippen molar-refractivity contribution in [3.63, 3.8) is 0 Å². The molecule has 0 aromatic rings. The summed E-state index contributed by atoms with van der Waals surface area (Å²) in [5.41, 5.74) is 0. The Morgan fingerprint density at radius 2 is 2.25 bits per heavy atom. The molecule has 1 rings (SSSR count). The number of hydrogen-bond acceptors (Lipinski definition) is 2. The first-order chi connectivity index (χ1) is 4.00. The maximum absolute atomic E-state index is 3.76. The van der Waals surface area contributed by atoms with Gasteiger partial charge in [0.15, 0.2) is 0 Å². The molecule has 1 aliphatic rings. The van der Waals surface area contributed by atoms with E-state index < -0.39 is 0 Å². The van der Waals surface area contributed by atoms with E-state index in [1.807, 2.05) is 0 Å². The molecule has 0 N–H and O–H groups in total. The molecule has 0 aromatic heterocycles. The number of allylic oxidation sites excluding steroid dienone is 3. The Morgan fingerprint density at radius 1 is 1.25 bits per heavy atom. The van der Waals surface area contributed by atoms with Crippen LogP contribution in [0.4, 0.5) is 0 Å². The van der Waals surface area contributed by atoms with Crippen LogP contribution in [0.15, 0.2) is 28.3 Å². The van der Waals surface area contributed by atoms with Crippen LogP contribution in [-0.2, 0) is 0 Å². The normalized spacial score (nSPS) is 32.0. The molecule has 0 saturated carbocycles. The van der Waals surface area contributed by atoms with Gasteiger partial charge in [0.2, 0.25) is 0 Å². The lowest BCUT2D eigenvalue weighted by Gasteiger charge is -1.76. The Labute approximate surface area is 48.0 Å². The van der Waals surface area contributed by atoms with Gasteiger partial charge in [-0.05, 0) is 6.08 Å². The second-order valence-corrected chi connectivity index (χ2v) is 1.22. The van der Waals surface area contributed by atoms with Crippen LogP contribution < -0.4 is 0 Å². The Bertz CT molecular complexity index is 107. The molecular formula is C6H5N2. The average molecular weight is 105 g/mol. The molecule has 0 atom stereocenters. The highest BCUT2D eigenvalue weighted by atomic mass is 14.8. The molecular weight excluding hydrogens is 100 g/mol. The van der Waals surface area contributed by atoms with Gasteiger partial charge in [-0.1, -0.05) is 6.08 Å². The van der Waals surface area contributed by atoms with E-state index in [2.05, 4.69) is 16.1 Å². The highest BCUT2D eigenvalue weighted by Gasteiger charge is 1.67. The summed E-state index contributed by atoms with van der Waals surface area (Å²) in [7, 11) is 0. The summed E-state index contributed by atoms with van der Waals surface area (Å²) >= 11 is 0. The minimum atomic E-state index is 1.47. The SMILES string of the molecule is [C]1=C\C=C/N=C\N=C/1. The molecule has 0 spiro atoms. The van der Waals surface area contributed by atoms with Crippen LogP contribution in [0, 0.1) is 6.08 Å². The summed E-state index contributed by atoms with van der Waals surface area (Å²) < 4.78 is 0. The van der Waals surface area contributed by atoms with Crippen molar-refractivity contribution < 1.29 is 0 Å². The van der Waals surface area contributed by atoms with Crippen molar-refractivity contribution in [1.82, 2.24) is 0 Å². The maximum Gasteiger partial charge on any atom is 0.115 e. The Morgan fingerprint density at radius 3 is 3.25 bits per heavy atom. The number of hydrogen-bond donors (Lipinski definition) is 0. The van der Waals surface area contributed by atoms with Crippen molar-refractivity contribution in [3.8, 4) is 0 Å². The topological polar surface area (TPSA) is 24.7 Å². The molecule has 0 aromatic carbocycles. The zero-order valence-corrected chi connectivity index (χ0v) is 4.28. The van der Waals surface area contributed by atoms with Gasteiger partial charge in [0.05, 0.1) is 0 Å². The van der Waals surface area contributed by atoms with Gasteiger partial charge in [-0.2, -0.15) is 0 Å². The van der Waals surface area contributed by atoms with Gasteiger partial charge in [0.1, 0.15) is 6.34 Å².